The third kappa shape index (κ3) is 2.49. The minimum Gasteiger partial charge on any atom is -0.354 e. The number of hydrogen-bond acceptors (Lipinski definition) is 2. The number of nitrogens with two attached hydrogens (primary N) is 1. The fraction of sp³-hybridized carbons (Fsp3) is 0.941. The van der Waals surface area contributed by atoms with E-state index in [1.165, 1.54) is 32.1 Å². The molecule has 0 aromatic carbocycles. The summed E-state index contributed by atoms with van der Waals surface area (Å²) in [5.41, 5.74) is 6.08. The van der Waals surface area contributed by atoms with E-state index in [1.807, 2.05) is 0 Å². The lowest BCUT2D eigenvalue weighted by Crippen LogP contribution is -2.55. The average Bonchev–Trinajstić information content (AvgIpc) is 2.43. The van der Waals surface area contributed by atoms with Crippen molar-refractivity contribution in [3.63, 3.8) is 0 Å². The Kier molecular flexibility index (Phi) is 3.83. The van der Waals surface area contributed by atoms with Gasteiger partial charge in [0.25, 0.3) is 0 Å². The lowest BCUT2D eigenvalue weighted by atomic mass is 9.51. The summed E-state index contributed by atoms with van der Waals surface area (Å²) in [5, 5.41) is 3.19. The Bertz CT molecular complexity index is 347. The van der Waals surface area contributed by atoms with Crippen LogP contribution in [0.4, 0.5) is 0 Å². The van der Waals surface area contributed by atoms with Crippen LogP contribution in [0.15, 0.2) is 0 Å². The lowest BCUT2D eigenvalue weighted by molar-refractivity contribution is -0.138. The number of hydrogen-bond donors (Lipinski definition) is 2. The molecule has 114 valence electrons. The van der Waals surface area contributed by atoms with E-state index in [0.29, 0.717) is 30.2 Å². The maximum Gasteiger partial charge on any atom is 0.223 e. The minimum atomic E-state index is -0.221. The Morgan fingerprint density at radius 2 is 1.55 bits per heavy atom. The largest absolute Gasteiger partial charge is 0.354 e. The second kappa shape index (κ2) is 5.32. The molecule has 0 unspecified atom stereocenters. The summed E-state index contributed by atoms with van der Waals surface area (Å²) in [5.74, 6) is 3.79. The Hall–Kier alpha value is -0.570. The van der Waals surface area contributed by atoms with Crippen molar-refractivity contribution in [2.75, 3.05) is 6.54 Å². The molecule has 4 saturated carbocycles. The number of rotatable bonds is 5. The molecule has 0 atom stereocenters. The molecule has 0 saturated heterocycles. The third-order valence-electron chi connectivity index (χ3n) is 6.55. The highest BCUT2D eigenvalue weighted by atomic mass is 16.1. The van der Waals surface area contributed by atoms with Gasteiger partial charge < -0.3 is 11.1 Å². The van der Waals surface area contributed by atoms with Gasteiger partial charge in [-0.25, -0.2) is 0 Å². The van der Waals surface area contributed by atoms with Gasteiger partial charge in [0.05, 0.1) is 0 Å². The minimum absolute atomic E-state index is 0.221. The van der Waals surface area contributed by atoms with Gasteiger partial charge in [-0.3, -0.25) is 4.79 Å². The SMILES string of the molecule is CCC(N)(CC)CNC(=O)C1C2CC3CC(C2)CC1C3. The fourth-order valence-corrected chi connectivity index (χ4v) is 5.23. The van der Waals surface area contributed by atoms with E-state index in [4.69, 9.17) is 5.73 Å². The van der Waals surface area contributed by atoms with Gasteiger partial charge in [-0.05, 0) is 68.6 Å². The van der Waals surface area contributed by atoms with Crippen LogP contribution >= 0.6 is 0 Å². The molecular formula is C17H30N2O. The highest BCUT2D eigenvalue weighted by Crippen LogP contribution is 2.56. The van der Waals surface area contributed by atoms with E-state index in [2.05, 4.69) is 19.2 Å². The molecule has 4 rings (SSSR count). The van der Waals surface area contributed by atoms with Crippen LogP contribution in [0.3, 0.4) is 0 Å². The molecule has 4 aliphatic carbocycles. The molecule has 0 heterocycles. The zero-order valence-electron chi connectivity index (χ0n) is 13.0. The van der Waals surface area contributed by atoms with Crippen LogP contribution in [-0.4, -0.2) is 18.0 Å². The van der Waals surface area contributed by atoms with Crippen molar-refractivity contribution in [2.24, 2.45) is 35.3 Å². The summed E-state index contributed by atoms with van der Waals surface area (Å²) in [6, 6.07) is 0. The van der Waals surface area contributed by atoms with Crippen molar-refractivity contribution in [3.05, 3.63) is 0 Å². The number of carbonyl (C=O) groups excluding carboxylic acids is 1. The predicted molar refractivity (Wildman–Crippen MR) is 81.0 cm³/mol. The molecule has 3 heteroatoms. The first-order chi connectivity index (χ1) is 9.54. The second-order valence-corrected chi connectivity index (χ2v) is 7.74. The third-order valence-corrected chi connectivity index (χ3v) is 6.55. The Labute approximate surface area is 123 Å². The topological polar surface area (TPSA) is 55.1 Å². The van der Waals surface area contributed by atoms with Gasteiger partial charge in [0.1, 0.15) is 0 Å². The van der Waals surface area contributed by atoms with Crippen molar-refractivity contribution in [1.29, 1.82) is 0 Å². The number of nitrogens with one attached hydrogen (secondary N) is 1. The molecule has 20 heavy (non-hydrogen) atoms. The summed E-state index contributed by atoms with van der Waals surface area (Å²) in [6.45, 7) is 4.86. The van der Waals surface area contributed by atoms with Gasteiger partial charge in [0, 0.05) is 18.0 Å². The standard InChI is InChI=1S/C17H30N2O/c1-3-17(18,4-2)10-19-16(20)15-13-6-11-5-12(8-13)9-14(15)7-11/h11-15H,3-10,18H2,1-2H3,(H,19,20). The first kappa shape index (κ1) is 14.4. The lowest BCUT2D eigenvalue weighted by Gasteiger charge is -2.53. The molecule has 0 aliphatic heterocycles. The quantitative estimate of drug-likeness (QED) is 0.812. The van der Waals surface area contributed by atoms with E-state index in [0.717, 1.165) is 24.7 Å². The molecule has 4 bridgehead atoms. The van der Waals surface area contributed by atoms with E-state index in [9.17, 15) is 4.79 Å². The molecule has 1 amide bonds. The summed E-state index contributed by atoms with van der Waals surface area (Å²) in [7, 11) is 0. The predicted octanol–water partition coefficient (Wildman–Crippen LogP) is 2.69. The van der Waals surface area contributed by atoms with Crippen LogP contribution in [-0.2, 0) is 4.79 Å². The van der Waals surface area contributed by atoms with Gasteiger partial charge in [-0.15, -0.1) is 0 Å². The Morgan fingerprint density at radius 3 is 2.00 bits per heavy atom. The van der Waals surface area contributed by atoms with E-state index in [1.54, 1.807) is 0 Å². The molecule has 3 nitrogen and oxygen atoms in total. The monoisotopic (exact) mass is 278 g/mol. The van der Waals surface area contributed by atoms with Crippen LogP contribution in [0.25, 0.3) is 0 Å². The summed E-state index contributed by atoms with van der Waals surface area (Å²) in [4.78, 5) is 12.6. The fourth-order valence-electron chi connectivity index (χ4n) is 5.23. The van der Waals surface area contributed by atoms with Crippen molar-refractivity contribution < 1.29 is 4.79 Å². The number of carbonyl (C=O) groups is 1. The van der Waals surface area contributed by atoms with Crippen molar-refractivity contribution in [1.82, 2.24) is 5.32 Å². The summed E-state index contributed by atoms with van der Waals surface area (Å²) >= 11 is 0. The molecule has 4 fully saturated rings. The number of amides is 1. The maximum absolute atomic E-state index is 12.6. The van der Waals surface area contributed by atoms with Crippen LogP contribution in [0.1, 0.15) is 58.8 Å². The highest BCUT2D eigenvalue weighted by Gasteiger charge is 2.50. The molecule has 0 aromatic heterocycles. The van der Waals surface area contributed by atoms with Gasteiger partial charge in [0.2, 0.25) is 5.91 Å². The maximum atomic E-state index is 12.6. The van der Waals surface area contributed by atoms with Crippen LogP contribution < -0.4 is 11.1 Å². The molecule has 0 aromatic rings. The molecular weight excluding hydrogens is 248 g/mol. The van der Waals surface area contributed by atoms with Crippen LogP contribution in [0, 0.1) is 29.6 Å². The van der Waals surface area contributed by atoms with Crippen LogP contribution in [0.5, 0.6) is 0 Å². The molecule has 4 aliphatic rings. The van der Waals surface area contributed by atoms with Crippen molar-refractivity contribution in [3.8, 4) is 0 Å². The van der Waals surface area contributed by atoms with Gasteiger partial charge in [0.15, 0.2) is 0 Å². The summed E-state index contributed by atoms with van der Waals surface area (Å²) < 4.78 is 0. The van der Waals surface area contributed by atoms with Gasteiger partial charge in [-0.2, -0.15) is 0 Å². The zero-order chi connectivity index (χ0) is 14.3. The van der Waals surface area contributed by atoms with Crippen LogP contribution in [0.2, 0.25) is 0 Å². The van der Waals surface area contributed by atoms with Gasteiger partial charge >= 0.3 is 0 Å². The normalized spacial score (nSPS) is 39.0. The van der Waals surface area contributed by atoms with Gasteiger partial charge in [-0.1, -0.05) is 13.8 Å². The highest BCUT2D eigenvalue weighted by molar-refractivity contribution is 5.79. The molecule has 0 radical (unpaired) electrons. The van der Waals surface area contributed by atoms with Crippen molar-refractivity contribution >= 4 is 5.91 Å². The first-order valence-corrected chi connectivity index (χ1v) is 8.61. The smallest absolute Gasteiger partial charge is 0.223 e. The van der Waals surface area contributed by atoms with E-state index < -0.39 is 0 Å². The van der Waals surface area contributed by atoms with E-state index in [-0.39, 0.29) is 5.54 Å². The molecule has 3 N–H and O–H groups in total. The Balaban J connectivity index is 1.60. The second-order valence-electron chi connectivity index (χ2n) is 7.74. The zero-order valence-corrected chi connectivity index (χ0v) is 13.0. The van der Waals surface area contributed by atoms with Crippen molar-refractivity contribution in [2.45, 2.75) is 64.3 Å². The average molecular weight is 278 g/mol. The summed E-state index contributed by atoms with van der Waals surface area (Å²) in [6.07, 6.45) is 8.51. The van der Waals surface area contributed by atoms with E-state index >= 15 is 0 Å². The Morgan fingerprint density at radius 1 is 1.05 bits per heavy atom. The first-order valence-electron chi connectivity index (χ1n) is 8.61. The molecule has 0 spiro atoms.